The fourth-order valence-electron chi connectivity index (χ4n) is 1.83. The second kappa shape index (κ2) is 5.54. The van der Waals surface area contributed by atoms with Crippen molar-refractivity contribution in [3.05, 3.63) is 47.8 Å². The van der Waals surface area contributed by atoms with Crippen molar-refractivity contribution in [2.75, 3.05) is 0 Å². The van der Waals surface area contributed by atoms with Gasteiger partial charge >= 0.3 is 0 Å². The molecule has 104 valence electrons. The molecule has 5 nitrogen and oxygen atoms in total. The third kappa shape index (κ3) is 2.93. The molecule has 0 radical (unpaired) electrons. The Labute approximate surface area is 121 Å². The molecule has 2 heterocycles. The van der Waals surface area contributed by atoms with E-state index < -0.39 is 4.87 Å². The quantitative estimate of drug-likeness (QED) is 0.481. The second-order valence-electron chi connectivity index (χ2n) is 4.68. The van der Waals surface area contributed by atoms with Crippen molar-refractivity contribution < 1.29 is 9.59 Å². The Bertz CT molecular complexity index is 632. The smallest absolute Gasteiger partial charge is 0.202 e. The van der Waals surface area contributed by atoms with Crippen molar-refractivity contribution >= 4 is 23.7 Å². The van der Waals surface area contributed by atoms with Gasteiger partial charge in [-0.05, 0) is 26.0 Å². The maximum Gasteiger partial charge on any atom is 0.202 e. The Balaban J connectivity index is 2.23. The van der Waals surface area contributed by atoms with E-state index in [2.05, 4.69) is 9.97 Å². The van der Waals surface area contributed by atoms with Gasteiger partial charge in [-0.15, -0.1) is 11.6 Å². The summed E-state index contributed by atoms with van der Waals surface area (Å²) in [5.74, 6) is -0.187. The summed E-state index contributed by atoms with van der Waals surface area (Å²) in [6.45, 7) is 3.45. The molecular formula is C14H14ClN3O2. The van der Waals surface area contributed by atoms with Gasteiger partial charge in [0.1, 0.15) is 16.9 Å². The maximum atomic E-state index is 12.1. The number of aldehydes is 1. The molecule has 2 rings (SSSR count). The lowest BCUT2D eigenvalue weighted by Crippen LogP contribution is -2.23. The fourth-order valence-corrected chi connectivity index (χ4v) is 2.00. The first kappa shape index (κ1) is 14.4. The molecule has 0 fully saturated rings. The van der Waals surface area contributed by atoms with Gasteiger partial charge in [-0.25, -0.2) is 4.98 Å². The first-order valence-electron chi connectivity index (χ1n) is 6.07. The van der Waals surface area contributed by atoms with Crippen LogP contribution in [0.5, 0.6) is 0 Å². The summed E-state index contributed by atoms with van der Waals surface area (Å²) < 4.78 is 1.64. The Morgan fingerprint density at radius 1 is 1.45 bits per heavy atom. The summed E-state index contributed by atoms with van der Waals surface area (Å²) in [5.41, 5.74) is 1.61. The number of aryl methyl sites for hydroxylation is 1. The van der Waals surface area contributed by atoms with Crippen LogP contribution in [-0.4, -0.2) is 26.6 Å². The lowest BCUT2D eigenvalue weighted by molar-refractivity contribution is -0.110. The van der Waals surface area contributed by atoms with E-state index in [4.69, 9.17) is 11.6 Å². The van der Waals surface area contributed by atoms with Crippen LogP contribution in [0, 0.1) is 6.92 Å². The molecule has 0 saturated carbocycles. The number of halogens is 1. The van der Waals surface area contributed by atoms with Crippen LogP contribution >= 0.6 is 11.6 Å². The Hall–Kier alpha value is -2.01. The van der Waals surface area contributed by atoms with Crippen molar-refractivity contribution in [2.45, 2.75) is 25.3 Å². The highest BCUT2D eigenvalue weighted by Crippen LogP contribution is 2.26. The van der Waals surface area contributed by atoms with E-state index in [-0.39, 0.29) is 18.0 Å². The van der Waals surface area contributed by atoms with E-state index in [0.29, 0.717) is 12.0 Å². The Morgan fingerprint density at radius 2 is 2.20 bits per heavy atom. The number of ketones is 1. The van der Waals surface area contributed by atoms with E-state index in [1.54, 1.807) is 42.9 Å². The third-order valence-electron chi connectivity index (χ3n) is 2.93. The number of Topliss-reactive ketones (excluding diaryl/α,β-unsaturated/α-hetero) is 1. The van der Waals surface area contributed by atoms with Crippen LogP contribution in [0.3, 0.4) is 0 Å². The number of carbonyl (C=O) groups excluding carboxylic acids is 2. The van der Waals surface area contributed by atoms with Crippen molar-refractivity contribution in [1.29, 1.82) is 0 Å². The lowest BCUT2D eigenvalue weighted by atomic mass is 10.1. The molecule has 2 aromatic heterocycles. The minimum atomic E-state index is -1.15. The highest BCUT2D eigenvalue weighted by atomic mass is 35.5. The molecule has 0 saturated heterocycles. The van der Waals surface area contributed by atoms with Gasteiger partial charge in [-0.3, -0.25) is 9.78 Å². The zero-order valence-electron chi connectivity index (χ0n) is 11.2. The maximum absolute atomic E-state index is 12.1. The highest BCUT2D eigenvalue weighted by Gasteiger charge is 2.26. The van der Waals surface area contributed by atoms with Gasteiger partial charge in [-0.1, -0.05) is 0 Å². The van der Waals surface area contributed by atoms with Gasteiger partial charge in [0, 0.05) is 18.1 Å². The van der Waals surface area contributed by atoms with Crippen LogP contribution in [0.1, 0.15) is 28.8 Å². The monoisotopic (exact) mass is 291 g/mol. The zero-order chi connectivity index (χ0) is 14.8. The molecule has 0 aliphatic rings. The molecule has 2 aromatic rings. The van der Waals surface area contributed by atoms with Gasteiger partial charge in [0.15, 0.2) is 0 Å². The minimum Gasteiger partial charge on any atom is -0.342 e. The average molecular weight is 292 g/mol. The third-order valence-corrected chi connectivity index (χ3v) is 3.21. The molecule has 0 aliphatic carbocycles. The van der Waals surface area contributed by atoms with Crippen molar-refractivity contribution in [2.24, 2.45) is 0 Å². The van der Waals surface area contributed by atoms with E-state index in [1.807, 2.05) is 0 Å². The van der Waals surface area contributed by atoms with Gasteiger partial charge in [-0.2, -0.15) is 0 Å². The lowest BCUT2D eigenvalue weighted by Gasteiger charge is -2.17. The molecule has 0 amide bonds. The van der Waals surface area contributed by atoms with Gasteiger partial charge in [0.25, 0.3) is 0 Å². The molecule has 0 bridgehead atoms. The molecule has 1 unspecified atom stereocenters. The van der Waals surface area contributed by atoms with Crippen LogP contribution in [0.4, 0.5) is 0 Å². The molecular weight excluding hydrogens is 278 g/mol. The normalized spacial score (nSPS) is 13.8. The highest BCUT2D eigenvalue weighted by molar-refractivity contribution is 6.31. The predicted octanol–water partition coefficient (Wildman–Crippen LogP) is 2.12. The number of hydrogen-bond acceptors (Lipinski definition) is 4. The van der Waals surface area contributed by atoms with E-state index in [1.165, 1.54) is 6.20 Å². The molecule has 0 N–H and O–H groups in total. The minimum absolute atomic E-state index is 0.0657. The number of nitrogens with zero attached hydrogens (tertiary/aromatic N) is 3. The fraction of sp³-hybridized carbons (Fsp3) is 0.286. The van der Waals surface area contributed by atoms with Crippen molar-refractivity contribution in [1.82, 2.24) is 14.5 Å². The SMILES string of the molecule is Cc1cnc(C(=O)Cn2cccc2C(C)(Cl)C=O)cn1. The second-order valence-corrected chi connectivity index (χ2v) is 5.47. The number of carbonyl (C=O) groups is 2. The van der Waals surface area contributed by atoms with Gasteiger partial charge in [0.2, 0.25) is 5.78 Å². The van der Waals surface area contributed by atoms with Crippen molar-refractivity contribution in [3.63, 3.8) is 0 Å². The largest absolute Gasteiger partial charge is 0.342 e. The average Bonchev–Trinajstić information content (AvgIpc) is 2.88. The number of aromatic nitrogens is 3. The van der Waals surface area contributed by atoms with E-state index in [0.717, 1.165) is 5.69 Å². The summed E-state index contributed by atoms with van der Waals surface area (Å²) in [7, 11) is 0. The summed E-state index contributed by atoms with van der Waals surface area (Å²) in [6.07, 6.45) is 5.34. The molecule has 20 heavy (non-hydrogen) atoms. The van der Waals surface area contributed by atoms with Crippen LogP contribution < -0.4 is 0 Å². The number of alkyl halides is 1. The van der Waals surface area contributed by atoms with Crippen LogP contribution in [0.2, 0.25) is 0 Å². The zero-order valence-corrected chi connectivity index (χ0v) is 12.0. The summed E-state index contributed by atoms with van der Waals surface area (Å²) in [5, 5.41) is 0. The molecule has 1 atom stereocenters. The Kier molecular flexibility index (Phi) is 3.99. The topological polar surface area (TPSA) is 64.8 Å². The van der Waals surface area contributed by atoms with Crippen LogP contribution in [0.25, 0.3) is 0 Å². The van der Waals surface area contributed by atoms with Gasteiger partial charge < -0.3 is 9.36 Å². The number of hydrogen-bond donors (Lipinski definition) is 0. The molecule has 6 heteroatoms. The first-order chi connectivity index (χ1) is 9.44. The van der Waals surface area contributed by atoms with E-state index >= 15 is 0 Å². The predicted molar refractivity (Wildman–Crippen MR) is 74.8 cm³/mol. The van der Waals surface area contributed by atoms with Crippen LogP contribution in [-0.2, 0) is 16.2 Å². The van der Waals surface area contributed by atoms with Crippen LogP contribution in [0.15, 0.2) is 30.7 Å². The summed E-state index contributed by atoms with van der Waals surface area (Å²) >= 11 is 6.11. The van der Waals surface area contributed by atoms with Crippen molar-refractivity contribution in [3.8, 4) is 0 Å². The first-order valence-corrected chi connectivity index (χ1v) is 6.44. The number of rotatable bonds is 5. The van der Waals surface area contributed by atoms with E-state index in [9.17, 15) is 9.59 Å². The summed E-state index contributed by atoms with van der Waals surface area (Å²) in [4.78, 5) is 30.1. The molecule has 0 aromatic carbocycles. The standard InChI is InChI=1S/C14H14ClN3O2/c1-10-6-17-11(7-16-10)12(20)8-18-5-3-4-13(18)14(2,15)9-19/h3-7,9H,8H2,1-2H3. The molecule has 0 aliphatic heterocycles. The summed E-state index contributed by atoms with van der Waals surface area (Å²) in [6, 6.07) is 3.46. The molecule has 0 spiro atoms. The van der Waals surface area contributed by atoms with Gasteiger partial charge in [0.05, 0.1) is 18.4 Å². The Morgan fingerprint density at radius 3 is 2.80 bits per heavy atom.